The fourth-order valence-electron chi connectivity index (χ4n) is 3.30. The summed E-state index contributed by atoms with van der Waals surface area (Å²) < 4.78 is 11.0. The Morgan fingerprint density at radius 2 is 2.05 bits per heavy atom. The van der Waals surface area contributed by atoms with E-state index in [2.05, 4.69) is 0 Å². The van der Waals surface area contributed by atoms with Gasteiger partial charge in [-0.1, -0.05) is 18.5 Å². The number of benzene rings is 1. The molecule has 0 amide bonds. The second kappa shape index (κ2) is 4.81. The van der Waals surface area contributed by atoms with Crippen molar-refractivity contribution in [3.05, 3.63) is 22.2 Å². The van der Waals surface area contributed by atoms with Gasteiger partial charge in [0.15, 0.2) is 11.5 Å². The summed E-state index contributed by atoms with van der Waals surface area (Å²) in [6.07, 6.45) is -0.142. The number of hydrogen-bond donors (Lipinski definition) is 0. The maximum atomic E-state index is 12.9. The molecule has 1 heterocycles. The van der Waals surface area contributed by atoms with Crippen molar-refractivity contribution in [1.82, 2.24) is 0 Å². The number of ketones is 3. The molecule has 22 heavy (non-hydrogen) atoms. The van der Waals surface area contributed by atoms with Gasteiger partial charge in [-0.25, -0.2) is 0 Å². The lowest BCUT2D eigenvalue weighted by atomic mass is 9.71. The minimum absolute atomic E-state index is 0.138. The molecule has 0 radical (unpaired) electrons. The topological polar surface area (TPSA) is 69.7 Å². The first-order chi connectivity index (χ1) is 10.3. The molecule has 0 aromatic heterocycles. The van der Waals surface area contributed by atoms with Crippen LogP contribution in [0.3, 0.4) is 0 Å². The minimum atomic E-state index is -1.63. The second-order valence-corrected chi connectivity index (χ2v) is 6.20. The number of halogens is 1. The first kappa shape index (κ1) is 15.0. The average Bonchev–Trinajstić information content (AvgIpc) is 2.76. The van der Waals surface area contributed by atoms with Gasteiger partial charge in [-0.05, 0) is 18.6 Å². The molecule has 1 aliphatic carbocycles. The summed E-state index contributed by atoms with van der Waals surface area (Å²) in [6, 6.07) is 1.64. The van der Waals surface area contributed by atoms with Crippen molar-refractivity contribution in [2.45, 2.75) is 32.3 Å². The zero-order valence-corrected chi connectivity index (χ0v) is 13.2. The van der Waals surface area contributed by atoms with Gasteiger partial charge in [-0.15, -0.1) is 0 Å². The van der Waals surface area contributed by atoms with Crippen molar-refractivity contribution in [2.24, 2.45) is 5.92 Å². The highest BCUT2D eigenvalue weighted by molar-refractivity contribution is 6.36. The number of methoxy groups -OCH3 is 1. The summed E-state index contributed by atoms with van der Waals surface area (Å²) in [6.45, 7) is 3.42. The number of carbonyl (C=O) groups excluding carboxylic acids is 3. The van der Waals surface area contributed by atoms with Crippen molar-refractivity contribution in [1.29, 1.82) is 0 Å². The Balaban J connectivity index is 2.19. The summed E-state index contributed by atoms with van der Waals surface area (Å²) in [5, 5.41) is 0.172. The third-order valence-corrected chi connectivity index (χ3v) is 4.79. The largest absolute Gasteiger partial charge is 0.495 e. The zero-order chi connectivity index (χ0) is 16.2. The van der Waals surface area contributed by atoms with Crippen LogP contribution in [0.4, 0.5) is 0 Å². The van der Waals surface area contributed by atoms with Crippen LogP contribution in [0.15, 0.2) is 6.07 Å². The Kier molecular flexibility index (Phi) is 3.29. The number of aryl methyl sites for hydroxylation is 1. The molecule has 3 rings (SSSR count). The summed E-state index contributed by atoms with van der Waals surface area (Å²) in [7, 11) is 1.46. The van der Waals surface area contributed by atoms with Gasteiger partial charge in [0.2, 0.25) is 11.4 Å². The molecule has 2 atom stereocenters. The molecule has 5 nitrogen and oxygen atoms in total. The van der Waals surface area contributed by atoms with Crippen molar-refractivity contribution < 1.29 is 23.9 Å². The first-order valence-corrected chi connectivity index (χ1v) is 7.36. The fourth-order valence-corrected chi connectivity index (χ4v) is 3.57. The zero-order valence-electron chi connectivity index (χ0n) is 12.5. The Bertz CT molecular complexity index is 724. The molecule has 0 bridgehead atoms. The molecule has 116 valence electrons. The van der Waals surface area contributed by atoms with Gasteiger partial charge in [0.05, 0.1) is 19.1 Å². The van der Waals surface area contributed by atoms with Crippen molar-refractivity contribution in [2.75, 3.05) is 7.11 Å². The smallest absolute Gasteiger partial charge is 0.232 e. The van der Waals surface area contributed by atoms with E-state index in [1.807, 2.05) is 0 Å². The number of carbonyl (C=O) groups is 3. The fraction of sp³-hybridized carbons (Fsp3) is 0.438. The first-order valence-electron chi connectivity index (χ1n) is 6.98. The van der Waals surface area contributed by atoms with Gasteiger partial charge >= 0.3 is 0 Å². The maximum absolute atomic E-state index is 12.9. The van der Waals surface area contributed by atoms with Crippen molar-refractivity contribution in [3.63, 3.8) is 0 Å². The molecule has 0 saturated heterocycles. The van der Waals surface area contributed by atoms with Crippen LogP contribution in [0.5, 0.6) is 11.5 Å². The molecule has 1 aromatic rings. The molecule has 1 aliphatic heterocycles. The van der Waals surface area contributed by atoms with Crippen LogP contribution in [0, 0.1) is 12.8 Å². The predicted molar refractivity (Wildman–Crippen MR) is 78.8 cm³/mol. The van der Waals surface area contributed by atoms with E-state index in [1.165, 1.54) is 7.11 Å². The van der Waals surface area contributed by atoms with Crippen molar-refractivity contribution >= 4 is 29.0 Å². The molecule has 2 aliphatic rings. The molecule has 0 N–H and O–H groups in total. The van der Waals surface area contributed by atoms with Crippen LogP contribution in [0.25, 0.3) is 0 Å². The number of ether oxygens (including phenoxy) is 2. The van der Waals surface area contributed by atoms with Crippen LogP contribution >= 0.6 is 11.6 Å². The summed E-state index contributed by atoms with van der Waals surface area (Å²) in [5.74, 6) is -1.03. The number of rotatable bonds is 1. The monoisotopic (exact) mass is 322 g/mol. The molecule has 1 aromatic carbocycles. The van der Waals surface area contributed by atoms with Crippen LogP contribution in [0.1, 0.15) is 35.7 Å². The third-order valence-electron chi connectivity index (χ3n) is 4.43. The summed E-state index contributed by atoms with van der Waals surface area (Å²) >= 11 is 6.24. The van der Waals surface area contributed by atoms with E-state index in [-0.39, 0.29) is 29.4 Å². The average molecular weight is 323 g/mol. The number of Topliss-reactive ketones (excluding diaryl/α,β-unsaturated/α-hetero) is 3. The Labute approximate surface area is 132 Å². The van der Waals surface area contributed by atoms with Gasteiger partial charge in [-0.3, -0.25) is 14.4 Å². The molecular weight excluding hydrogens is 308 g/mol. The summed E-state index contributed by atoms with van der Waals surface area (Å²) in [5.41, 5.74) is -0.688. The standard InChI is InChI=1S/C16H15ClO5/c1-7-4-10(21-3)13(17)14-12(7)15(20)16(22-14)8(2)5-9(18)6-11(16)19/h4,8H,5-6H2,1-3H3. The summed E-state index contributed by atoms with van der Waals surface area (Å²) in [4.78, 5) is 37.0. The molecule has 6 heteroatoms. The molecule has 1 fully saturated rings. The van der Waals surface area contributed by atoms with Crippen LogP contribution in [-0.4, -0.2) is 30.1 Å². The van der Waals surface area contributed by atoms with E-state index in [0.717, 1.165) is 0 Å². The van der Waals surface area contributed by atoms with Crippen LogP contribution in [-0.2, 0) is 9.59 Å². The highest BCUT2D eigenvalue weighted by Gasteiger charge is 2.60. The lowest BCUT2D eigenvalue weighted by Gasteiger charge is -2.34. The normalized spacial score (nSPS) is 27.1. The minimum Gasteiger partial charge on any atom is -0.495 e. The van der Waals surface area contributed by atoms with Gasteiger partial charge in [0, 0.05) is 12.3 Å². The maximum Gasteiger partial charge on any atom is 0.232 e. The van der Waals surface area contributed by atoms with Crippen molar-refractivity contribution in [3.8, 4) is 11.5 Å². The number of hydrogen-bond acceptors (Lipinski definition) is 5. The van der Waals surface area contributed by atoms with E-state index in [1.54, 1.807) is 19.9 Å². The second-order valence-electron chi connectivity index (χ2n) is 5.82. The molecule has 1 spiro atoms. The molecule has 1 saturated carbocycles. The van der Waals surface area contributed by atoms with Crippen LogP contribution < -0.4 is 9.47 Å². The Morgan fingerprint density at radius 1 is 1.36 bits per heavy atom. The van der Waals surface area contributed by atoms with E-state index < -0.39 is 23.1 Å². The van der Waals surface area contributed by atoms with Gasteiger partial charge < -0.3 is 9.47 Å². The van der Waals surface area contributed by atoms with E-state index in [4.69, 9.17) is 21.1 Å². The Morgan fingerprint density at radius 3 is 2.64 bits per heavy atom. The van der Waals surface area contributed by atoms with Gasteiger partial charge in [0.25, 0.3) is 0 Å². The highest BCUT2D eigenvalue weighted by atomic mass is 35.5. The van der Waals surface area contributed by atoms with E-state index in [0.29, 0.717) is 16.9 Å². The van der Waals surface area contributed by atoms with Crippen LogP contribution in [0.2, 0.25) is 5.02 Å². The van der Waals surface area contributed by atoms with Gasteiger partial charge in [0.1, 0.15) is 16.6 Å². The molecule has 2 unspecified atom stereocenters. The third kappa shape index (κ3) is 1.75. The lowest BCUT2D eigenvalue weighted by molar-refractivity contribution is -0.143. The van der Waals surface area contributed by atoms with E-state index in [9.17, 15) is 14.4 Å². The number of fused-ring (bicyclic) bond motifs is 1. The SMILES string of the molecule is COc1cc(C)c2c(c1Cl)OC1(C(=O)CC(=O)CC1C)C2=O. The van der Waals surface area contributed by atoms with E-state index >= 15 is 0 Å². The molecular formula is C16H15ClO5. The lowest BCUT2D eigenvalue weighted by Crippen LogP contribution is -2.57. The Hall–Kier alpha value is -1.88. The quantitative estimate of drug-likeness (QED) is 0.743. The van der Waals surface area contributed by atoms with Gasteiger partial charge in [-0.2, -0.15) is 0 Å². The highest BCUT2D eigenvalue weighted by Crippen LogP contribution is 2.50. The predicted octanol–water partition coefficient (Wildman–Crippen LogP) is 2.54.